The van der Waals surface area contributed by atoms with E-state index in [1.807, 2.05) is 32.0 Å². The van der Waals surface area contributed by atoms with E-state index in [2.05, 4.69) is 10.3 Å². The fourth-order valence-electron chi connectivity index (χ4n) is 2.61. The highest BCUT2D eigenvalue weighted by atomic mass is 32.1. The fourth-order valence-corrected chi connectivity index (χ4v) is 3.52. The lowest BCUT2D eigenvalue weighted by Crippen LogP contribution is -2.30. The molecule has 25 heavy (non-hydrogen) atoms. The van der Waals surface area contributed by atoms with Gasteiger partial charge in [-0.1, -0.05) is 12.1 Å². The molecule has 0 fully saturated rings. The second kappa shape index (κ2) is 7.06. The number of thiophene rings is 1. The summed E-state index contributed by atoms with van der Waals surface area (Å²) in [6, 6.07) is 9.03. The van der Waals surface area contributed by atoms with Gasteiger partial charge in [-0.25, -0.2) is 4.98 Å². The molecule has 0 radical (unpaired) electrons. The van der Waals surface area contributed by atoms with Gasteiger partial charge >= 0.3 is 0 Å². The smallest absolute Gasteiger partial charge is 0.262 e. The van der Waals surface area contributed by atoms with Crippen LogP contribution in [0.5, 0.6) is 5.75 Å². The van der Waals surface area contributed by atoms with Gasteiger partial charge in [0.05, 0.1) is 17.7 Å². The number of carbonyl (C=O) groups excluding carboxylic acids is 1. The Balaban J connectivity index is 1.87. The lowest BCUT2D eigenvalue weighted by molar-refractivity contribution is -0.116. The Labute approximate surface area is 149 Å². The Morgan fingerprint density at radius 1 is 1.32 bits per heavy atom. The van der Waals surface area contributed by atoms with Gasteiger partial charge in [0.25, 0.3) is 5.56 Å². The van der Waals surface area contributed by atoms with E-state index in [1.54, 1.807) is 19.1 Å². The molecule has 0 saturated heterocycles. The van der Waals surface area contributed by atoms with Gasteiger partial charge in [-0.2, -0.15) is 0 Å². The number of aryl methyl sites for hydroxylation is 2. The molecule has 0 saturated carbocycles. The van der Waals surface area contributed by atoms with E-state index in [4.69, 9.17) is 4.74 Å². The van der Waals surface area contributed by atoms with E-state index < -0.39 is 0 Å². The fraction of sp³-hybridized carbons (Fsp3) is 0.278. The minimum atomic E-state index is -0.301. The first-order valence-corrected chi connectivity index (χ1v) is 8.80. The highest BCUT2D eigenvalue weighted by Gasteiger charge is 2.14. The van der Waals surface area contributed by atoms with Gasteiger partial charge < -0.3 is 10.1 Å². The summed E-state index contributed by atoms with van der Waals surface area (Å²) in [4.78, 5) is 31.2. The number of nitrogens with one attached hydrogen (secondary N) is 1. The number of nitrogens with zero attached hydrogens (tertiary/aromatic N) is 2. The number of para-hydroxylation sites is 2. The van der Waals surface area contributed by atoms with Crippen LogP contribution in [0, 0.1) is 13.8 Å². The summed E-state index contributed by atoms with van der Waals surface area (Å²) in [7, 11) is 0. The minimum absolute atomic E-state index is 0.0943. The van der Waals surface area contributed by atoms with Gasteiger partial charge in [0.1, 0.15) is 22.9 Å². The maximum atomic E-state index is 12.6. The zero-order valence-corrected chi connectivity index (χ0v) is 15.1. The Kier molecular flexibility index (Phi) is 4.85. The Bertz CT molecular complexity index is 991. The number of amides is 1. The molecule has 1 N–H and O–H groups in total. The van der Waals surface area contributed by atoms with Crippen molar-refractivity contribution in [1.82, 2.24) is 9.55 Å². The molecule has 6 nitrogen and oxygen atoms in total. The molecule has 2 aromatic heterocycles. The molecule has 2 heterocycles. The van der Waals surface area contributed by atoms with Crippen LogP contribution in [0.15, 0.2) is 35.1 Å². The summed E-state index contributed by atoms with van der Waals surface area (Å²) in [5.74, 6) is 0.822. The predicted octanol–water partition coefficient (Wildman–Crippen LogP) is 3.11. The number of benzene rings is 1. The Hall–Kier alpha value is -2.67. The molecule has 0 bridgehead atoms. The van der Waals surface area contributed by atoms with Crippen LogP contribution in [0.3, 0.4) is 0 Å². The predicted molar refractivity (Wildman–Crippen MR) is 99.6 cm³/mol. The molecule has 0 aliphatic carbocycles. The first-order valence-electron chi connectivity index (χ1n) is 7.99. The topological polar surface area (TPSA) is 73.2 Å². The van der Waals surface area contributed by atoms with Crippen LogP contribution in [0.2, 0.25) is 0 Å². The molecule has 0 unspecified atom stereocenters. The SMILES string of the molecule is CCOc1ccccc1NC(=O)Cn1c(C)nc2sc(C)cc2c1=O. The molecule has 1 aromatic carbocycles. The molecule has 0 atom stereocenters. The lowest BCUT2D eigenvalue weighted by atomic mass is 10.3. The quantitative estimate of drug-likeness (QED) is 0.761. The number of hydrogen-bond acceptors (Lipinski definition) is 5. The monoisotopic (exact) mass is 357 g/mol. The number of aromatic nitrogens is 2. The van der Waals surface area contributed by atoms with Crippen molar-refractivity contribution in [3.05, 3.63) is 51.4 Å². The van der Waals surface area contributed by atoms with Crippen LogP contribution in [0.4, 0.5) is 5.69 Å². The van der Waals surface area contributed by atoms with Gasteiger partial charge in [0, 0.05) is 4.88 Å². The molecule has 1 amide bonds. The zero-order chi connectivity index (χ0) is 18.0. The van der Waals surface area contributed by atoms with E-state index in [9.17, 15) is 9.59 Å². The second-order valence-electron chi connectivity index (χ2n) is 5.60. The number of fused-ring (bicyclic) bond motifs is 1. The maximum Gasteiger partial charge on any atom is 0.262 e. The average Bonchev–Trinajstić information content (AvgIpc) is 2.94. The molecular formula is C18H19N3O3S. The largest absolute Gasteiger partial charge is 0.492 e. The van der Waals surface area contributed by atoms with Gasteiger partial charge in [-0.3, -0.25) is 14.2 Å². The van der Waals surface area contributed by atoms with E-state index in [0.29, 0.717) is 34.1 Å². The van der Waals surface area contributed by atoms with Gasteiger partial charge in [-0.15, -0.1) is 11.3 Å². The number of anilines is 1. The van der Waals surface area contributed by atoms with Crippen LogP contribution in [-0.2, 0) is 11.3 Å². The summed E-state index contributed by atoms with van der Waals surface area (Å²) >= 11 is 1.48. The molecule has 7 heteroatoms. The third-order valence-corrected chi connectivity index (χ3v) is 4.67. The normalized spacial score (nSPS) is 10.8. The van der Waals surface area contributed by atoms with Crippen molar-refractivity contribution in [3.8, 4) is 5.75 Å². The molecule has 3 aromatic rings. The molecule has 130 valence electrons. The van der Waals surface area contributed by atoms with Crippen molar-refractivity contribution in [3.63, 3.8) is 0 Å². The van der Waals surface area contributed by atoms with Crippen LogP contribution in [-0.4, -0.2) is 22.1 Å². The van der Waals surface area contributed by atoms with Gasteiger partial charge in [0.2, 0.25) is 5.91 Å². The summed E-state index contributed by atoms with van der Waals surface area (Å²) < 4.78 is 6.90. The number of rotatable bonds is 5. The highest BCUT2D eigenvalue weighted by molar-refractivity contribution is 7.18. The number of carbonyl (C=O) groups is 1. The second-order valence-corrected chi connectivity index (χ2v) is 6.84. The van der Waals surface area contributed by atoms with Gasteiger partial charge in [0.15, 0.2) is 0 Å². The maximum absolute atomic E-state index is 12.6. The van der Waals surface area contributed by atoms with E-state index in [-0.39, 0.29) is 18.0 Å². The van der Waals surface area contributed by atoms with Crippen LogP contribution >= 0.6 is 11.3 Å². The third kappa shape index (κ3) is 3.56. The van der Waals surface area contributed by atoms with Crippen molar-refractivity contribution in [1.29, 1.82) is 0 Å². The van der Waals surface area contributed by atoms with Crippen LogP contribution < -0.4 is 15.6 Å². The minimum Gasteiger partial charge on any atom is -0.492 e. The number of ether oxygens (including phenoxy) is 1. The van der Waals surface area contributed by atoms with Crippen LogP contribution in [0.25, 0.3) is 10.2 Å². The van der Waals surface area contributed by atoms with Gasteiger partial charge in [-0.05, 0) is 39.0 Å². The van der Waals surface area contributed by atoms with Crippen molar-refractivity contribution in [2.75, 3.05) is 11.9 Å². The van der Waals surface area contributed by atoms with E-state index in [1.165, 1.54) is 15.9 Å². The van der Waals surface area contributed by atoms with Crippen molar-refractivity contribution in [2.45, 2.75) is 27.3 Å². The summed E-state index contributed by atoms with van der Waals surface area (Å²) in [5, 5.41) is 3.35. The Morgan fingerprint density at radius 2 is 2.08 bits per heavy atom. The summed E-state index contributed by atoms with van der Waals surface area (Å²) in [5.41, 5.74) is 0.389. The van der Waals surface area contributed by atoms with E-state index in [0.717, 1.165) is 4.88 Å². The summed E-state index contributed by atoms with van der Waals surface area (Å²) in [6.45, 7) is 5.96. The van der Waals surface area contributed by atoms with Crippen LogP contribution in [0.1, 0.15) is 17.6 Å². The van der Waals surface area contributed by atoms with Crippen molar-refractivity contribution >= 4 is 33.1 Å². The van der Waals surface area contributed by atoms with Crippen molar-refractivity contribution < 1.29 is 9.53 Å². The zero-order valence-electron chi connectivity index (χ0n) is 14.3. The first-order chi connectivity index (χ1) is 12.0. The van der Waals surface area contributed by atoms with Crippen molar-refractivity contribution in [2.24, 2.45) is 0 Å². The molecular weight excluding hydrogens is 338 g/mol. The molecule has 3 rings (SSSR count). The van der Waals surface area contributed by atoms with E-state index >= 15 is 0 Å². The molecule has 0 aliphatic heterocycles. The summed E-state index contributed by atoms with van der Waals surface area (Å²) in [6.07, 6.45) is 0. The lowest BCUT2D eigenvalue weighted by Gasteiger charge is -2.13. The first kappa shape index (κ1) is 17.2. The third-order valence-electron chi connectivity index (χ3n) is 3.73. The molecule has 0 spiro atoms. The number of hydrogen-bond donors (Lipinski definition) is 1. The average molecular weight is 357 g/mol. The Morgan fingerprint density at radius 3 is 2.84 bits per heavy atom. The highest BCUT2D eigenvalue weighted by Crippen LogP contribution is 2.24. The molecule has 0 aliphatic rings. The standard InChI is InChI=1S/C18H19N3O3S/c1-4-24-15-8-6-5-7-14(15)20-16(22)10-21-12(3)19-17-13(18(21)23)9-11(2)25-17/h5-9H,4,10H2,1-3H3,(H,20,22).